The van der Waals surface area contributed by atoms with Gasteiger partial charge in [0.25, 0.3) is 0 Å². The molecule has 0 saturated heterocycles. The van der Waals surface area contributed by atoms with E-state index in [-0.39, 0.29) is 41.8 Å². The van der Waals surface area contributed by atoms with Crippen LogP contribution in [0.2, 0.25) is 0 Å². The van der Waals surface area contributed by atoms with Crippen LogP contribution in [0.3, 0.4) is 0 Å². The van der Waals surface area contributed by atoms with E-state index in [0.29, 0.717) is 37.5 Å². The molecule has 1 heterocycles. The molecule has 1 aromatic carbocycles. The number of primary sulfonamides is 1. The minimum Gasteiger partial charge on any atom is -0.744 e. The molecule has 0 unspecified atom stereocenters. The van der Waals surface area contributed by atoms with Crippen molar-refractivity contribution in [2.75, 3.05) is 5.32 Å². The Kier molecular flexibility index (Phi) is 8.42. The smallest absolute Gasteiger partial charge is 0.744 e. The van der Waals surface area contributed by atoms with Crippen molar-refractivity contribution in [3.63, 3.8) is 0 Å². The summed E-state index contributed by atoms with van der Waals surface area (Å²) in [6, 6.07) is 4.57. The van der Waals surface area contributed by atoms with E-state index in [0.717, 1.165) is 12.5 Å². The van der Waals surface area contributed by atoms with Crippen LogP contribution in [0.1, 0.15) is 37.9 Å². The van der Waals surface area contributed by atoms with Gasteiger partial charge in [-0.15, -0.1) is 0 Å². The van der Waals surface area contributed by atoms with Gasteiger partial charge in [-0.1, -0.05) is 19.3 Å². The molecule has 2 aromatic rings. The van der Waals surface area contributed by atoms with Crippen molar-refractivity contribution in [1.82, 2.24) is 0 Å². The van der Waals surface area contributed by atoms with E-state index >= 15 is 0 Å². The monoisotopic (exact) mass is 500 g/mol. The molecule has 0 amide bonds. The Morgan fingerprint density at radius 3 is 2.16 bits per heavy atom. The Morgan fingerprint density at radius 1 is 1.00 bits per heavy atom. The van der Waals surface area contributed by atoms with Gasteiger partial charge in [0.1, 0.15) is 20.8 Å². The normalized spacial score (nSPS) is 15.9. The van der Waals surface area contributed by atoms with Crippen molar-refractivity contribution in [2.45, 2.75) is 58.6 Å². The number of nitrogens with two attached hydrogens (primary N) is 1. The fraction of sp³-hybridized carbons (Fsp3) is 0.412. The van der Waals surface area contributed by atoms with Crippen LogP contribution in [0.15, 0.2) is 49.6 Å². The molecule has 10 nitrogen and oxygen atoms in total. The zero-order valence-electron chi connectivity index (χ0n) is 16.8. The summed E-state index contributed by atoms with van der Waals surface area (Å²) in [5.74, 6) is 0.410. The quantitative estimate of drug-likeness (QED) is 0.340. The van der Waals surface area contributed by atoms with Gasteiger partial charge in [0.2, 0.25) is 10.0 Å². The van der Waals surface area contributed by atoms with Gasteiger partial charge in [0.05, 0.1) is 33.5 Å². The number of benzene rings is 1. The van der Waals surface area contributed by atoms with Gasteiger partial charge >= 0.3 is 29.6 Å². The standard InChI is InChI=1S/C17H22N2O8S3.Na/c18-29(22,23)15-10-17(30(24,25)26)16(28(20,21)13-6-2-1-3-7-13)9-14(15)19-11-12-5-4-8-27-12;/h4-5,8-10,13,19H,1-3,6-7,11H2,(H2,18,22,23)(H,24,25,26);/q;+1/p-1. The van der Waals surface area contributed by atoms with Crippen LogP contribution in [0.5, 0.6) is 0 Å². The zero-order chi connectivity index (χ0) is 22.2. The summed E-state index contributed by atoms with van der Waals surface area (Å²) in [4.78, 5) is -2.55. The number of hydrogen-bond acceptors (Lipinski definition) is 9. The third-order valence-electron chi connectivity index (χ3n) is 4.95. The van der Waals surface area contributed by atoms with E-state index in [1.54, 1.807) is 12.1 Å². The van der Waals surface area contributed by atoms with Gasteiger partial charge in [-0.3, -0.25) is 0 Å². The zero-order valence-corrected chi connectivity index (χ0v) is 21.2. The van der Waals surface area contributed by atoms with Gasteiger partial charge in [-0.2, -0.15) is 0 Å². The predicted octanol–water partition coefficient (Wildman–Crippen LogP) is -1.45. The average Bonchev–Trinajstić information content (AvgIpc) is 3.18. The number of hydrogen-bond donors (Lipinski definition) is 2. The second-order valence-corrected chi connectivity index (χ2v) is 12.1. The first-order valence-corrected chi connectivity index (χ1v) is 13.6. The first-order chi connectivity index (χ1) is 13.9. The first kappa shape index (κ1) is 26.3. The first-order valence-electron chi connectivity index (χ1n) is 9.07. The molecular weight excluding hydrogens is 479 g/mol. The van der Waals surface area contributed by atoms with Crippen LogP contribution in [0.4, 0.5) is 5.69 Å². The van der Waals surface area contributed by atoms with Gasteiger partial charge < -0.3 is 14.3 Å². The van der Waals surface area contributed by atoms with E-state index in [1.165, 1.54) is 6.26 Å². The molecule has 0 bridgehead atoms. The van der Waals surface area contributed by atoms with Crippen LogP contribution < -0.4 is 40.0 Å². The van der Waals surface area contributed by atoms with Gasteiger partial charge in [-0.25, -0.2) is 30.4 Å². The average molecular weight is 501 g/mol. The summed E-state index contributed by atoms with van der Waals surface area (Å²) in [5.41, 5.74) is -0.240. The maximum absolute atomic E-state index is 13.2. The third-order valence-corrected chi connectivity index (χ3v) is 9.21. The molecule has 1 saturated carbocycles. The maximum atomic E-state index is 13.2. The molecule has 3 N–H and O–H groups in total. The summed E-state index contributed by atoms with van der Waals surface area (Å²) in [5, 5.41) is 7.03. The SMILES string of the molecule is NS(=O)(=O)c1cc(S(=O)(=O)[O-])c(S(=O)(=O)C2CCCCC2)cc1NCc1ccco1.[Na+]. The van der Waals surface area contributed by atoms with Crippen LogP contribution in [-0.4, -0.2) is 35.1 Å². The molecule has 1 fully saturated rings. The topological polar surface area (TPSA) is 177 Å². The Balaban J connectivity index is 0.00000341. The molecule has 0 radical (unpaired) electrons. The molecule has 1 aliphatic rings. The van der Waals surface area contributed by atoms with Crippen molar-refractivity contribution in [1.29, 1.82) is 0 Å². The molecule has 0 atom stereocenters. The van der Waals surface area contributed by atoms with Crippen LogP contribution in [0, 0.1) is 0 Å². The van der Waals surface area contributed by atoms with E-state index in [1.807, 2.05) is 0 Å². The van der Waals surface area contributed by atoms with E-state index in [9.17, 15) is 29.8 Å². The Labute approximate surface area is 203 Å². The van der Waals surface area contributed by atoms with Crippen LogP contribution >= 0.6 is 0 Å². The molecule has 14 heteroatoms. The van der Waals surface area contributed by atoms with E-state index in [4.69, 9.17) is 9.56 Å². The summed E-state index contributed by atoms with van der Waals surface area (Å²) in [6.45, 7) is -0.0259. The van der Waals surface area contributed by atoms with Crippen molar-refractivity contribution in [2.24, 2.45) is 5.14 Å². The molecule has 3 rings (SSSR count). The second kappa shape index (κ2) is 9.91. The number of anilines is 1. The number of rotatable bonds is 7. The minimum atomic E-state index is -5.31. The number of sulfonamides is 1. The van der Waals surface area contributed by atoms with Crippen LogP contribution in [-0.2, 0) is 36.5 Å². The molecule has 31 heavy (non-hydrogen) atoms. The fourth-order valence-electron chi connectivity index (χ4n) is 3.48. The maximum Gasteiger partial charge on any atom is 1.00 e. The molecule has 1 aromatic heterocycles. The Bertz CT molecular complexity index is 1230. The van der Waals surface area contributed by atoms with Crippen molar-refractivity contribution < 1.29 is 63.8 Å². The summed E-state index contributed by atoms with van der Waals surface area (Å²) in [7, 11) is -14.0. The molecular formula is C17H21N2NaO8S3. The minimum absolute atomic E-state index is 0. The van der Waals surface area contributed by atoms with E-state index < -0.39 is 49.9 Å². The fourth-order valence-corrected chi connectivity index (χ4v) is 7.43. The van der Waals surface area contributed by atoms with Gasteiger partial charge in [-0.05, 0) is 37.1 Å². The molecule has 1 aliphatic carbocycles. The summed E-state index contributed by atoms with van der Waals surface area (Å²) >= 11 is 0. The van der Waals surface area contributed by atoms with E-state index in [2.05, 4.69) is 5.32 Å². The summed E-state index contributed by atoms with van der Waals surface area (Å²) in [6.07, 6.45) is 4.21. The number of nitrogens with one attached hydrogen (secondary N) is 1. The Hall–Kier alpha value is -0.930. The molecule has 0 spiro atoms. The second-order valence-electron chi connectivity index (χ2n) is 7.03. The van der Waals surface area contributed by atoms with Crippen molar-refractivity contribution >= 4 is 35.7 Å². The molecule has 166 valence electrons. The predicted molar refractivity (Wildman–Crippen MR) is 106 cm³/mol. The molecule has 0 aliphatic heterocycles. The van der Waals surface area contributed by atoms with Crippen molar-refractivity contribution in [3.8, 4) is 0 Å². The number of furan rings is 1. The summed E-state index contributed by atoms with van der Waals surface area (Å²) < 4.78 is 91.0. The Morgan fingerprint density at radius 2 is 1.65 bits per heavy atom. The van der Waals surface area contributed by atoms with Gasteiger partial charge in [0, 0.05) is 0 Å². The van der Waals surface area contributed by atoms with Gasteiger partial charge in [0.15, 0.2) is 9.84 Å². The van der Waals surface area contributed by atoms with Crippen molar-refractivity contribution in [3.05, 3.63) is 36.3 Å². The largest absolute Gasteiger partial charge is 1.00 e. The number of sulfone groups is 1. The third kappa shape index (κ3) is 6.11. The van der Waals surface area contributed by atoms with Crippen LogP contribution in [0.25, 0.3) is 0 Å².